The summed E-state index contributed by atoms with van der Waals surface area (Å²) in [6.45, 7) is 3.60. The number of fused-ring (bicyclic) bond motifs is 1. The zero-order valence-corrected chi connectivity index (χ0v) is 10.6. The van der Waals surface area contributed by atoms with Crippen LogP contribution in [0, 0.1) is 12.3 Å². The van der Waals surface area contributed by atoms with E-state index in [0.29, 0.717) is 5.41 Å². The number of hydrogen-bond acceptors (Lipinski definition) is 5. The van der Waals surface area contributed by atoms with Crippen LogP contribution in [-0.2, 0) is 0 Å². The molecule has 2 heterocycles. The number of hydrogen-bond donors (Lipinski definition) is 2. The molecule has 2 aromatic heterocycles. The van der Waals surface area contributed by atoms with Gasteiger partial charge in [-0.25, -0.2) is 4.98 Å². The Morgan fingerprint density at radius 1 is 1.44 bits per heavy atom. The van der Waals surface area contributed by atoms with Crippen molar-refractivity contribution in [2.75, 3.05) is 18.4 Å². The van der Waals surface area contributed by atoms with Gasteiger partial charge in [0.15, 0.2) is 5.82 Å². The van der Waals surface area contributed by atoms with Crippen LogP contribution in [0.25, 0.3) is 5.65 Å². The van der Waals surface area contributed by atoms with Crippen molar-refractivity contribution >= 4 is 11.5 Å². The number of aryl methyl sites for hydroxylation is 1. The Balaban J connectivity index is 1.79. The number of rotatable bonds is 5. The average Bonchev–Trinajstić information content (AvgIpc) is 3.04. The fourth-order valence-corrected chi connectivity index (χ4v) is 2.34. The molecule has 0 unspecified atom stereocenters. The van der Waals surface area contributed by atoms with Crippen LogP contribution in [0.1, 0.15) is 25.1 Å². The summed E-state index contributed by atoms with van der Waals surface area (Å²) in [6, 6.07) is 0. The molecule has 0 bridgehead atoms. The molecule has 3 N–H and O–H groups in total. The van der Waals surface area contributed by atoms with E-state index in [1.807, 2.05) is 17.5 Å². The van der Waals surface area contributed by atoms with Gasteiger partial charge in [0.1, 0.15) is 5.82 Å². The van der Waals surface area contributed by atoms with Gasteiger partial charge in [0.05, 0.1) is 0 Å². The predicted molar refractivity (Wildman–Crippen MR) is 69.3 cm³/mol. The molecule has 6 nitrogen and oxygen atoms in total. The average molecular weight is 246 g/mol. The lowest BCUT2D eigenvalue weighted by molar-refractivity contribution is 0.500. The van der Waals surface area contributed by atoms with Crippen LogP contribution in [-0.4, -0.2) is 32.7 Å². The van der Waals surface area contributed by atoms with E-state index in [2.05, 4.69) is 20.5 Å². The highest BCUT2D eigenvalue weighted by molar-refractivity contribution is 5.62. The van der Waals surface area contributed by atoms with E-state index in [1.165, 1.54) is 12.8 Å². The maximum absolute atomic E-state index is 5.65. The summed E-state index contributed by atoms with van der Waals surface area (Å²) in [5, 5.41) is 11.6. The molecule has 0 aliphatic heterocycles. The van der Waals surface area contributed by atoms with Crippen molar-refractivity contribution in [2.45, 2.75) is 26.2 Å². The summed E-state index contributed by atoms with van der Waals surface area (Å²) in [5.74, 6) is 1.68. The molecule has 1 aliphatic rings. The van der Waals surface area contributed by atoms with Crippen LogP contribution in [0.5, 0.6) is 0 Å². The molecule has 6 heteroatoms. The van der Waals surface area contributed by atoms with Gasteiger partial charge in [-0.2, -0.15) is 0 Å². The molecule has 3 rings (SSSR count). The topological polar surface area (TPSA) is 81.1 Å². The minimum absolute atomic E-state index is 0.387. The Kier molecular flexibility index (Phi) is 2.66. The molecule has 1 aliphatic carbocycles. The van der Waals surface area contributed by atoms with Crippen LogP contribution in [0.3, 0.4) is 0 Å². The Hall–Kier alpha value is -1.69. The Morgan fingerprint density at radius 2 is 2.28 bits per heavy atom. The van der Waals surface area contributed by atoms with Crippen molar-refractivity contribution in [3.8, 4) is 0 Å². The first-order valence-corrected chi connectivity index (χ1v) is 6.34. The summed E-state index contributed by atoms with van der Waals surface area (Å²) in [7, 11) is 0. The lowest BCUT2D eigenvalue weighted by Crippen LogP contribution is -2.20. The molecular formula is C12H18N6. The molecule has 0 atom stereocenters. The molecular weight excluding hydrogens is 228 g/mol. The van der Waals surface area contributed by atoms with Gasteiger partial charge in [0, 0.05) is 18.9 Å². The number of aromatic nitrogens is 4. The van der Waals surface area contributed by atoms with E-state index in [0.717, 1.165) is 36.8 Å². The molecule has 0 spiro atoms. The Bertz CT molecular complexity index is 557. The fraction of sp³-hybridized carbons (Fsp3) is 0.583. The standard InChI is InChI=1S/C12H18N6/c1-9-16-17-11-10(14-6-7-18(9)11)15-8-12(2-3-12)4-5-13/h6-7H,2-5,8,13H2,1H3,(H,14,15). The first-order valence-electron chi connectivity index (χ1n) is 6.34. The predicted octanol–water partition coefficient (Wildman–Crippen LogP) is 0.974. The van der Waals surface area contributed by atoms with E-state index < -0.39 is 0 Å². The van der Waals surface area contributed by atoms with Crippen molar-refractivity contribution in [2.24, 2.45) is 11.1 Å². The van der Waals surface area contributed by atoms with Gasteiger partial charge in [0.2, 0.25) is 5.65 Å². The normalized spacial score (nSPS) is 17.0. The zero-order chi connectivity index (χ0) is 12.6. The zero-order valence-electron chi connectivity index (χ0n) is 10.6. The van der Waals surface area contributed by atoms with Crippen molar-refractivity contribution in [3.05, 3.63) is 18.2 Å². The summed E-state index contributed by atoms with van der Waals surface area (Å²) in [6.07, 6.45) is 7.24. The Morgan fingerprint density at radius 3 is 3.00 bits per heavy atom. The van der Waals surface area contributed by atoms with E-state index in [9.17, 15) is 0 Å². The number of nitrogens with two attached hydrogens (primary N) is 1. The third kappa shape index (κ3) is 1.92. The molecule has 0 saturated heterocycles. The summed E-state index contributed by atoms with van der Waals surface area (Å²) in [4.78, 5) is 4.35. The van der Waals surface area contributed by atoms with Gasteiger partial charge < -0.3 is 11.1 Å². The second-order valence-corrected chi connectivity index (χ2v) is 5.11. The fourth-order valence-electron chi connectivity index (χ4n) is 2.34. The number of anilines is 1. The second kappa shape index (κ2) is 4.20. The monoisotopic (exact) mass is 246 g/mol. The highest BCUT2D eigenvalue weighted by atomic mass is 15.3. The molecule has 96 valence electrons. The minimum Gasteiger partial charge on any atom is -0.366 e. The largest absolute Gasteiger partial charge is 0.366 e. The maximum Gasteiger partial charge on any atom is 0.203 e. The van der Waals surface area contributed by atoms with Crippen LogP contribution >= 0.6 is 0 Å². The van der Waals surface area contributed by atoms with E-state index in [-0.39, 0.29) is 0 Å². The smallest absolute Gasteiger partial charge is 0.203 e. The van der Waals surface area contributed by atoms with Crippen molar-refractivity contribution in [1.82, 2.24) is 19.6 Å². The highest BCUT2D eigenvalue weighted by Crippen LogP contribution is 2.48. The van der Waals surface area contributed by atoms with Gasteiger partial charge in [-0.1, -0.05) is 0 Å². The third-order valence-electron chi connectivity index (χ3n) is 3.76. The highest BCUT2D eigenvalue weighted by Gasteiger charge is 2.41. The Labute approximate surface area is 106 Å². The first-order chi connectivity index (χ1) is 8.74. The van der Waals surface area contributed by atoms with Gasteiger partial charge in [-0.15, -0.1) is 10.2 Å². The molecule has 0 radical (unpaired) electrons. The van der Waals surface area contributed by atoms with Crippen LogP contribution in [0.2, 0.25) is 0 Å². The van der Waals surface area contributed by atoms with Crippen molar-refractivity contribution in [1.29, 1.82) is 0 Å². The van der Waals surface area contributed by atoms with Crippen LogP contribution < -0.4 is 11.1 Å². The summed E-state index contributed by atoms with van der Waals surface area (Å²) >= 11 is 0. The molecule has 1 saturated carbocycles. The van der Waals surface area contributed by atoms with E-state index in [1.54, 1.807) is 6.20 Å². The lowest BCUT2D eigenvalue weighted by atomic mass is 10.0. The molecule has 18 heavy (non-hydrogen) atoms. The van der Waals surface area contributed by atoms with Crippen molar-refractivity contribution in [3.63, 3.8) is 0 Å². The quantitative estimate of drug-likeness (QED) is 0.821. The molecule has 2 aromatic rings. The third-order valence-corrected chi connectivity index (χ3v) is 3.76. The first kappa shape index (κ1) is 11.4. The van der Waals surface area contributed by atoms with Crippen molar-refractivity contribution < 1.29 is 0 Å². The molecule has 0 aromatic carbocycles. The van der Waals surface area contributed by atoms with E-state index in [4.69, 9.17) is 5.73 Å². The molecule has 1 fully saturated rings. The van der Waals surface area contributed by atoms with Gasteiger partial charge in [-0.3, -0.25) is 4.40 Å². The second-order valence-electron chi connectivity index (χ2n) is 5.11. The van der Waals surface area contributed by atoms with Gasteiger partial charge in [-0.05, 0) is 38.1 Å². The summed E-state index contributed by atoms with van der Waals surface area (Å²) in [5.41, 5.74) is 6.83. The van der Waals surface area contributed by atoms with Gasteiger partial charge >= 0.3 is 0 Å². The van der Waals surface area contributed by atoms with Gasteiger partial charge in [0.25, 0.3) is 0 Å². The number of nitrogens with one attached hydrogen (secondary N) is 1. The lowest BCUT2D eigenvalue weighted by Gasteiger charge is -2.15. The van der Waals surface area contributed by atoms with Crippen LogP contribution in [0.15, 0.2) is 12.4 Å². The minimum atomic E-state index is 0.387. The SMILES string of the molecule is Cc1nnc2c(NCC3(CCN)CC3)nccn12. The van der Waals surface area contributed by atoms with E-state index >= 15 is 0 Å². The molecule has 0 amide bonds. The summed E-state index contributed by atoms with van der Waals surface area (Å²) < 4.78 is 1.94. The van der Waals surface area contributed by atoms with Crippen LogP contribution in [0.4, 0.5) is 5.82 Å². The number of nitrogens with zero attached hydrogens (tertiary/aromatic N) is 4. The maximum atomic E-state index is 5.65.